The molecule has 1 aliphatic rings. The van der Waals surface area contributed by atoms with Gasteiger partial charge in [-0.05, 0) is 26.2 Å². The van der Waals surface area contributed by atoms with Crippen molar-refractivity contribution in [3.05, 3.63) is 46.5 Å². The molecule has 0 N–H and O–H groups in total. The number of Topliss-reactive ketones (excluding diaryl/α,β-unsaturated/α-hetero) is 2. The minimum absolute atomic E-state index is 0.0737. The number of esters is 1. The van der Waals surface area contributed by atoms with Gasteiger partial charge in [-0.2, -0.15) is 12.6 Å². The Hall–Kier alpha value is -1.88. The van der Waals surface area contributed by atoms with Crippen LogP contribution in [0, 0.1) is 0 Å². The second-order valence-electron chi connectivity index (χ2n) is 5.46. The summed E-state index contributed by atoms with van der Waals surface area (Å²) < 4.78 is 4.94. The van der Waals surface area contributed by atoms with Crippen LogP contribution >= 0.6 is 12.6 Å². The molecule has 5 heteroatoms. The number of hydrogen-bond donors (Lipinski definition) is 1. The molecular weight excluding hydrogens is 312 g/mol. The minimum atomic E-state index is -0.249. The standard InChI is InChI=1S/C18H20O4S/c1-12-13(6-4-5-9-16(19)22-10-11-23)18(21)15-8-3-2-7-14(15)17(12)20/h2-3,7-8,23H,4-6,9-11H2,1H3. The topological polar surface area (TPSA) is 60.4 Å². The van der Waals surface area contributed by atoms with Gasteiger partial charge in [0, 0.05) is 34.4 Å². The monoisotopic (exact) mass is 332 g/mol. The maximum absolute atomic E-state index is 12.5. The largest absolute Gasteiger partial charge is 0.465 e. The molecule has 0 saturated heterocycles. The van der Waals surface area contributed by atoms with Crippen molar-refractivity contribution in [3.8, 4) is 0 Å². The fraction of sp³-hybridized carbons (Fsp3) is 0.389. The molecule has 0 fully saturated rings. The van der Waals surface area contributed by atoms with E-state index in [1.807, 2.05) is 0 Å². The normalized spacial score (nSPS) is 14.0. The first-order valence-corrected chi connectivity index (χ1v) is 8.34. The van der Waals surface area contributed by atoms with E-state index in [0.29, 0.717) is 60.3 Å². The van der Waals surface area contributed by atoms with Gasteiger partial charge < -0.3 is 4.74 Å². The van der Waals surface area contributed by atoms with E-state index in [-0.39, 0.29) is 17.5 Å². The smallest absolute Gasteiger partial charge is 0.305 e. The summed E-state index contributed by atoms with van der Waals surface area (Å²) in [4.78, 5) is 36.3. The summed E-state index contributed by atoms with van der Waals surface area (Å²) in [5, 5.41) is 0. The van der Waals surface area contributed by atoms with Gasteiger partial charge in [0.1, 0.15) is 6.61 Å². The highest BCUT2D eigenvalue weighted by Crippen LogP contribution is 2.28. The van der Waals surface area contributed by atoms with E-state index in [4.69, 9.17) is 4.74 Å². The van der Waals surface area contributed by atoms with Gasteiger partial charge in [-0.15, -0.1) is 0 Å². The van der Waals surface area contributed by atoms with Crippen LogP contribution in [0.2, 0.25) is 0 Å². The fourth-order valence-corrected chi connectivity index (χ4v) is 2.75. The zero-order chi connectivity index (χ0) is 16.8. The van der Waals surface area contributed by atoms with Gasteiger partial charge in [-0.25, -0.2) is 0 Å². The van der Waals surface area contributed by atoms with Crippen LogP contribution in [0.4, 0.5) is 0 Å². The van der Waals surface area contributed by atoms with E-state index in [2.05, 4.69) is 12.6 Å². The lowest BCUT2D eigenvalue weighted by molar-refractivity contribution is -0.143. The Labute approximate surface area is 141 Å². The second-order valence-corrected chi connectivity index (χ2v) is 5.91. The number of ether oxygens (including phenoxy) is 1. The Kier molecular flexibility index (Phi) is 6.16. The fourth-order valence-electron chi connectivity index (χ4n) is 2.65. The second kappa shape index (κ2) is 8.11. The molecule has 0 heterocycles. The van der Waals surface area contributed by atoms with Crippen molar-refractivity contribution in [3.63, 3.8) is 0 Å². The number of carbonyl (C=O) groups excluding carboxylic acids is 3. The van der Waals surface area contributed by atoms with Crippen molar-refractivity contribution in [2.24, 2.45) is 0 Å². The number of fused-ring (bicyclic) bond motifs is 1. The molecule has 23 heavy (non-hydrogen) atoms. The molecule has 0 unspecified atom stereocenters. The Morgan fingerprint density at radius 1 is 1.09 bits per heavy atom. The Bertz CT molecular complexity index is 661. The summed E-state index contributed by atoms with van der Waals surface area (Å²) in [7, 11) is 0. The number of carbonyl (C=O) groups is 3. The van der Waals surface area contributed by atoms with Crippen molar-refractivity contribution in [2.45, 2.75) is 32.6 Å². The van der Waals surface area contributed by atoms with Crippen LogP contribution in [0.1, 0.15) is 53.3 Å². The summed E-state index contributed by atoms with van der Waals surface area (Å²) in [5.74, 6) is 0.105. The maximum atomic E-state index is 12.5. The first-order valence-electron chi connectivity index (χ1n) is 7.71. The predicted octanol–water partition coefficient (Wildman–Crippen LogP) is 3.42. The zero-order valence-corrected chi connectivity index (χ0v) is 14.0. The molecule has 0 saturated carbocycles. The van der Waals surface area contributed by atoms with E-state index in [1.54, 1.807) is 31.2 Å². The minimum Gasteiger partial charge on any atom is -0.465 e. The number of unbranched alkanes of at least 4 members (excludes halogenated alkanes) is 1. The third kappa shape index (κ3) is 4.10. The van der Waals surface area contributed by atoms with Gasteiger partial charge in [-0.3, -0.25) is 14.4 Å². The van der Waals surface area contributed by atoms with Crippen LogP contribution in [0.5, 0.6) is 0 Å². The highest BCUT2D eigenvalue weighted by molar-refractivity contribution is 7.80. The van der Waals surface area contributed by atoms with Crippen LogP contribution in [0.25, 0.3) is 0 Å². The first kappa shape index (κ1) is 17.5. The highest BCUT2D eigenvalue weighted by atomic mass is 32.1. The molecule has 0 radical (unpaired) electrons. The average molecular weight is 332 g/mol. The molecule has 0 aromatic heterocycles. The summed E-state index contributed by atoms with van der Waals surface area (Å²) in [5.41, 5.74) is 2.05. The average Bonchev–Trinajstić information content (AvgIpc) is 2.57. The lowest BCUT2D eigenvalue weighted by Gasteiger charge is -2.18. The third-order valence-electron chi connectivity index (χ3n) is 3.90. The predicted molar refractivity (Wildman–Crippen MR) is 91.1 cm³/mol. The van der Waals surface area contributed by atoms with Gasteiger partial charge in [0.25, 0.3) is 0 Å². The summed E-state index contributed by atoms with van der Waals surface area (Å²) in [6, 6.07) is 6.91. The highest BCUT2D eigenvalue weighted by Gasteiger charge is 2.28. The van der Waals surface area contributed by atoms with Gasteiger partial charge >= 0.3 is 5.97 Å². The Morgan fingerprint density at radius 3 is 2.39 bits per heavy atom. The van der Waals surface area contributed by atoms with Gasteiger partial charge in [-0.1, -0.05) is 24.3 Å². The molecule has 1 aromatic carbocycles. The van der Waals surface area contributed by atoms with Crippen molar-refractivity contribution in [1.82, 2.24) is 0 Å². The van der Waals surface area contributed by atoms with Crippen molar-refractivity contribution in [2.75, 3.05) is 12.4 Å². The number of allylic oxidation sites excluding steroid dienone is 2. The number of thiol groups is 1. The van der Waals surface area contributed by atoms with Gasteiger partial charge in [0.2, 0.25) is 0 Å². The zero-order valence-electron chi connectivity index (χ0n) is 13.1. The molecule has 0 spiro atoms. The van der Waals surface area contributed by atoms with Gasteiger partial charge in [0.05, 0.1) is 0 Å². The van der Waals surface area contributed by atoms with Crippen LogP contribution in [0.3, 0.4) is 0 Å². The molecular formula is C18H20O4S. The van der Waals surface area contributed by atoms with E-state index in [0.717, 1.165) is 0 Å². The molecule has 0 bridgehead atoms. The molecule has 2 rings (SSSR count). The quantitative estimate of drug-likeness (QED) is 0.472. The molecule has 0 aliphatic heterocycles. The molecule has 1 aromatic rings. The van der Waals surface area contributed by atoms with Crippen molar-refractivity contribution in [1.29, 1.82) is 0 Å². The van der Waals surface area contributed by atoms with Crippen LogP contribution in [-0.2, 0) is 9.53 Å². The third-order valence-corrected chi connectivity index (χ3v) is 4.08. The summed E-state index contributed by atoms with van der Waals surface area (Å²) in [6.45, 7) is 2.02. The van der Waals surface area contributed by atoms with Crippen molar-refractivity contribution < 1.29 is 19.1 Å². The SMILES string of the molecule is CC1=C(CCCCC(=O)OCCS)C(=O)c2ccccc2C1=O. The van der Waals surface area contributed by atoms with Crippen LogP contribution in [0.15, 0.2) is 35.4 Å². The number of benzene rings is 1. The molecule has 0 atom stereocenters. The molecule has 122 valence electrons. The molecule has 4 nitrogen and oxygen atoms in total. The summed E-state index contributed by atoms with van der Waals surface area (Å²) >= 11 is 3.97. The van der Waals surface area contributed by atoms with Crippen LogP contribution in [-0.4, -0.2) is 29.9 Å². The summed E-state index contributed by atoms with van der Waals surface area (Å²) in [6.07, 6.45) is 2.12. The van der Waals surface area contributed by atoms with E-state index in [9.17, 15) is 14.4 Å². The number of hydrogen-bond acceptors (Lipinski definition) is 5. The lowest BCUT2D eigenvalue weighted by Crippen LogP contribution is -2.20. The van der Waals surface area contributed by atoms with E-state index >= 15 is 0 Å². The Balaban J connectivity index is 1.95. The number of rotatable bonds is 7. The van der Waals surface area contributed by atoms with Crippen LogP contribution < -0.4 is 0 Å². The number of ketones is 2. The molecule has 1 aliphatic carbocycles. The van der Waals surface area contributed by atoms with E-state index in [1.165, 1.54) is 0 Å². The maximum Gasteiger partial charge on any atom is 0.305 e. The van der Waals surface area contributed by atoms with E-state index < -0.39 is 0 Å². The first-order chi connectivity index (χ1) is 11.1. The lowest BCUT2D eigenvalue weighted by atomic mass is 9.83. The Morgan fingerprint density at radius 2 is 1.74 bits per heavy atom. The molecule has 0 amide bonds. The van der Waals surface area contributed by atoms with Gasteiger partial charge in [0.15, 0.2) is 11.6 Å². The van der Waals surface area contributed by atoms with Crippen molar-refractivity contribution >= 4 is 30.2 Å².